The molecule has 0 aromatic heterocycles. The molecule has 1 unspecified atom stereocenters. The van der Waals surface area contributed by atoms with Crippen molar-refractivity contribution >= 4 is 11.9 Å². The van der Waals surface area contributed by atoms with Gasteiger partial charge in [-0.3, -0.25) is 4.79 Å². The number of hydrogen-bond acceptors (Lipinski definition) is 4. The van der Waals surface area contributed by atoms with Crippen molar-refractivity contribution < 1.29 is 14.3 Å². The molecular weight excluding hydrogens is 244 g/mol. The van der Waals surface area contributed by atoms with E-state index in [0.717, 1.165) is 25.8 Å². The van der Waals surface area contributed by atoms with Crippen LogP contribution in [0.15, 0.2) is 0 Å². The number of carbonyl (C=O) groups excluding carboxylic acids is 2. The average Bonchev–Trinajstić information content (AvgIpc) is 2.54. The highest BCUT2D eigenvalue weighted by molar-refractivity contribution is 5.88. The van der Waals surface area contributed by atoms with Crippen LogP contribution in [0.1, 0.15) is 46.5 Å². The summed E-state index contributed by atoms with van der Waals surface area (Å²) in [6.07, 6.45) is 3.76. The summed E-state index contributed by atoms with van der Waals surface area (Å²) in [6.45, 7) is 6.42. The number of nitrogens with zero attached hydrogens (tertiary/aromatic N) is 1. The maximum absolute atomic E-state index is 12.1. The van der Waals surface area contributed by atoms with E-state index in [4.69, 9.17) is 4.74 Å². The van der Waals surface area contributed by atoms with Crippen LogP contribution in [0.2, 0.25) is 0 Å². The highest BCUT2D eigenvalue weighted by Gasteiger charge is 2.25. The van der Waals surface area contributed by atoms with Crippen molar-refractivity contribution in [2.24, 2.45) is 0 Å². The van der Waals surface area contributed by atoms with Gasteiger partial charge in [-0.05, 0) is 40.2 Å². The maximum atomic E-state index is 12.1. The molecule has 0 bridgehead atoms. The number of nitrogens with one attached hydrogen (secondary N) is 1. The second-order valence-electron chi connectivity index (χ2n) is 6.16. The third-order valence-electron chi connectivity index (χ3n) is 3.05. The van der Waals surface area contributed by atoms with Crippen LogP contribution >= 0.6 is 0 Å². The fourth-order valence-corrected chi connectivity index (χ4v) is 2.05. The quantitative estimate of drug-likeness (QED) is 0.851. The summed E-state index contributed by atoms with van der Waals surface area (Å²) in [4.78, 5) is 25.2. The van der Waals surface area contributed by atoms with Crippen LogP contribution in [0.25, 0.3) is 0 Å². The van der Waals surface area contributed by atoms with Crippen molar-refractivity contribution in [2.45, 2.75) is 58.1 Å². The zero-order valence-corrected chi connectivity index (χ0v) is 12.5. The van der Waals surface area contributed by atoms with E-state index in [1.165, 1.54) is 11.3 Å². The molecular formula is C14H26N2O3. The van der Waals surface area contributed by atoms with Crippen LogP contribution in [0.4, 0.5) is 4.79 Å². The third kappa shape index (κ3) is 6.05. The molecule has 1 aliphatic heterocycles. The van der Waals surface area contributed by atoms with Gasteiger partial charge in [0.05, 0.1) is 12.6 Å². The summed E-state index contributed by atoms with van der Waals surface area (Å²) < 4.78 is 5.23. The predicted molar refractivity (Wildman–Crippen MR) is 74.1 cm³/mol. The van der Waals surface area contributed by atoms with Crippen molar-refractivity contribution in [3.8, 4) is 0 Å². The Morgan fingerprint density at radius 1 is 1.26 bits per heavy atom. The Morgan fingerprint density at radius 3 is 2.58 bits per heavy atom. The number of hydrogen-bond donors (Lipinski definition) is 1. The van der Waals surface area contributed by atoms with Gasteiger partial charge in [0.25, 0.3) is 0 Å². The molecule has 0 spiro atoms. The van der Waals surface area contributed by atoms with Crippen LogP contribution in [0, 0.1) is 0 Å². The number of likely N-dealkylation sites (N-methyl/N-ethyl adjacent to an activating group) is 1. The smallest absolute Gasteiger partial charge is 0.410 e. The van der Waals surface area contributed by atoms with Gasteiger partial charge in [0.1, 0.15) is 5.60 Å². The van der Waals surface area contributed by atoms with E-state index >= 15 is 0 Å². The Hall–Kier alpha value is -1.10. The van der Waals surface area contributed by atoms with Gasteiger partial charge in [-0.1, -0.05) is 12.8 Å². The molecule has 0 aliphatic carbocycles. The van der Waals surface area contributed by atoms with Gasteiger partial charge in [-0.2, -0.15) is 0 Å². The van der Waals surface area contributed by atoms with Crippen LogP contribution < -0.4 is 5.32 Å². The Bertz CT molecular complexity index is 315. The standard InChI is InChI=1S/C14H26N2O3/c1-14(2,3)19-13(18)16(4)10-12(17)11-8-6-5-7-9-15-11/h11,15H,5-10H2,1-4H3. The molecule has 19 heavy (non-hydrogen) atoms. The summed E-state index contributed by atoms with van der Waals surface area (Å²) >= 11 is 0. The molecule has 1 amide bonds. The molecule has 5 heteroatoms. The first kappa shape index (κ1) is 16.0. The van der Waals surface area contributed by atoms with Crippen molar-refractivity contribution in [3.63, 3.8) is 0 Å². The summed E-state index contributed by atoms with van der Waals surface area (Å²) in [5.41, 5.74) is -0.533. The summed E-state index contributed by atoms with van der Waals surface area (Å²) in [5, 5.41) is 3.25. The number of Topliss-reactive ketones (excluding diaryl/α,β-unsaturated/α-hetero) is 1. The summed E-state index contributed by atoms with van der Waals surface area (Å²) in [7, 11) is 1.60. The predicted octanol–water partition coefficient (Wildman–Crippen LogP) is 1.95. The van der Waals surface area contributed by atoms with E-state index in [1.807, 2.05) is 20.8 Å². The lowest BCUT2D eigenvalue weighted by Crippen LogP contribution is -2.44. The molecule has 0 radical (unpaired) electrons. The van der Waals surface area contributed by atoms with Crippen LogP contribution in [-0.2, 0) is 9.53 Å². The second-order valence-corrected chi connectivity index (χ2v) is 6.16. The molecule has 1 saturated heterocycles. The third-order valence-corrected chi connectivity index (χ3v) is 3.05. The van der Waals surface area contributed by atoms with Crippen LogP contribution in [0.5, 0.6) is 0 Å². The summed E-state index contributed by atoms with van der Waals surface area (Å²) in [6, 6.07) is -0.118. The minimum absolute atomic E-state index is 0.0651. The van der Waals surface area contributed by atoms with Crippen molar-refractivity contribution in [1.29, 1.82) is 0 Å². The number of ether oxygens (including phenoxy) is 1. The topological polar surface area (TPSA) is 58.6 Å². The minimum Gasteiger partial charge on any atom is -0.444 e. The van der Waals surface area contributed by atoms with Gasteiger partial charge < -0.3 is 15.0 Å². The molecule has 0 aromatic carbocycles. The van der Waals surface area contributed by atoms with Gasteiger partial charge >= 0.3 is 6.09 Å². The SMILES string of the molecule is CN(CC(=O)C1CCCCCN1)C(=O)OC(C)(C)C. The number of amides is 1. The lowest BCUT2D eigenvalue weighted by Gasteiger charge is -2.25. The normalized spacial score (nSPS) is 20.5. The first-order valence-electron chi connectivity index (χ1n) is 7.00. The molecule has 1 heterocycles. The molecule has 5 nitrogen and oxygen atoms in total. The first-order valence-corrected chi connectivity index (χ1v) is 7.00. The Balaban J connectivity index is 2.44. The number of ketones is 1. The Labute approximate surface area is 115 Å². The molecule has 1 fully saturated rings. The Morgan fingerprint density at radius 2 is 1.95 bits per heavy atom. The molecule has 1 rings (SSSR count). The zero-order chi connectivity index (χ0) is 14.5. The van der Waals surface area contributed by atoms with E-state index in [2.05, 4.69) is 5.32 Å². The van der Waals surface area contributed by atoms with E-state index in [0.29, 0.717) is 0 Å². The number of rotatable bonds is 3. The van der Waals surface area contributed by atoms with Crippen molar-refractivity contribution in [2.75, 3.05) is 20.1 Å². The first-order chi connectivity index (χ1) is 8.79. The highest BCUT2D eigenvalue weighted by Crippen LogP contribution is 2.11. The molecule has 1 N–H and O–H groups in total. The number of carbonyl (C=O) groups is 2. The van der Waals surface area contributed by atoms with Crippen molar-refractivity contribution in [1.82, 2.24) is 10.2 Å². The minimum atomic E-state index is -0.533. The largest absolute Gasteiger partial charge is 0.444 e. The summed E-state index contributed by atoms with van der Waals surface area (Å²) in [5.74, 6) is 0.0651. The molecule has 0 saturated carbocycles. The molecule has 0 aromatic rings. The zero-order valence-electron chi connectivity index (χ0n) is 12.5. The van der Waals surface area contributed by atoms with Crippen LogP contribution in [0.3, 0.4) is 0 Å². The van der Waals surface area contributed by atoms with Gasteiger partial charge in [-0.15, -0.1) is 0 Å². The second kappa shape index (κ2) is 6.89. The molecule has 1 aliphatic rings. The van der Waals surface area contributed by atoms with Gasteiger partial charge in [0, 0.05) is 7.05 Å². The monoisotopic (exact) mass is 270 g/mol. The fourth-order valence-electron chi connectivity index (χ4n) is 2.05. The van der Waals surface area contributed by atoms with E-state index in [9.17, 15) is 9.59 Å². The van der Waals surface area contributed by atoms with Gasteiger partial charge in [0.2, 0.25) is 0 Å². The molecule has 110 valence electrons. The Kier molecular flexibility index (Phi) is 5.79. The van der Waals surface area contributed by atoms with E-state index < -0.39 is 11.7 Å². The average molecular weight is 270 g/mol. The van der Waals surface area contributed by atoms with Gasteiger partial charge in [0.15, 0.2) is 5.78 Å². The van der Waals surface area contributed by atoms with Crippen molar-refractivity contribution in [3.05, 3.63) is 0 Å². The van der Waals surface area contributed by atoms with E-state index in [-0.39, 0.29) is 18.4 Å². The fraction of sp³-hybridized carbons (Fsp3) is 0.857. The van der Waals surface area contributed by atoms with E-state index in [1.54, 1.807) is 7.05 Å². The molecule has 1 atom stereocenters. The van der Waals surface area contributed by atoms with Gasteiger partial charge in [-0.25, -0.2) is 4.79 Å². The lowest BCUT2D eigenvalue weighted by molar-refractivity contribution is -0.122. The lowest BCUT2D eigenvalue weighted by atomic mass is 10.1. The maximum Gasteiger partial charge on any atom is 0.410 e. The highest BCUT2D eigenvalue weighted by atomic mass is 16.6. The van der Waals surface area contributed by atoms with Crippen LogP contribution in [-0.4, -0.2) is 48.6 Å².